The van der Waals surface area contributed by atoms with Crippen LogP contribution in [0.25, 0.3) is 0 Å². The Balaban J connectivity index is 1.85. The number of carbonyl (C=O) groups excluding carboxylic acids is 1. The fraction of sp³-hybridized carbons (Fsp3) is 0.615. The van der Waals surface area contributed by atoms with Crippen LogP contribution in [0.5, 0.6) is 0 Å². The molecular weight excluding hydrogens is 274 g/mol. The fourth-order valence-electron chi connectivity index (χ4n) is 2.22. The van der Waals surface area contributed by atoms with Crippen LogP contribution >= 0.6 is 11.3 Å². The van der Waals surface area contributed by atoms with Crippen molar-refractivity contribution in [1.82, 2.24) is 20.1 Å². The molecule has 2 heterocycles. The van der Waals surface area contributed by atoms with E-state index in [4.69, 9.17) is 0 Å². The Morgan fingerprint density at radius 1 is 1.40 bits per heavy atom. The van der Waals surface area contributed by atoms with Gasteiger partial charge in [-0.1, -0.05) is 0 Å². The van der Waals surface area contributed by atoms with Crippen molar-refractivity contribution in [3.63, 3.8) is 0 Å². The molecule has 0 spiro atoms. The predicted molar refractivity (Wildman–Crippen MR) is 80.9 cm³/mol. The first-order valence-electron chi connectivity index (χ1n) is 6.72. The molecule has 0 aromatic carbocycles. The van der Waals surface area contributed by atoms with E-state index in [0.29, 0.717) is 0 Å². The van der Waals surface area contributed by atoms with E-state index in [2.05, 4.69) is 20.2 Å². The van der Waals surface area contributed by atoms with E-state index in [1.54, 1.807) is 25.3 Å². The number of aryl methyl sites for hydroxylation is 1. The summed E-state index contributed by atoms with van der Waals surface area (Å²) < 4.78 is 0. The largest absolute Gasteiger partial charge is 0.351 e. The summed E-state index contributed by atoms with van der Waals surface area (Å²) in [5, 5.41) is 4.43. The summed E-state index contributed by atoms with van der Waals surface area (Å²) in [6, 6.07) is 0. The molecule has 0 bridgehead atoms. The second kappa shape index (κ2) is 6.69. The number of hydrogen-bond acceptors (Lipinski definition) is 4. The van der Waals surface area contributed by atoms with Gasteiger partial charge in [-0.15, -0.1) is 11.3 Å². The molecule has 2 rings (SSSR count). The van der Waals surface area contributed by atoms with Crippen molar-refractivity contribution in [3.8, 4) is 0 Å². The lowest BCUT2D eigenvalue weighted by Crippen LogP contribution is -2.53. The van der Waals surface area contributed by atoms with E-state index in [1.165, 1.54) is 4.88 Å². The number of piperazine rings is 1. The molecule has 6 nitrogen and oxygen atoms in total. The summed E-state index contributed by atoms with van der Waals surface area (Å²) in [5.74, 6) is 1.03. The van der Waals surface area contributed by atoms with Gasteiger partial charge in [0.25, 0.3) is 0 Å². The van der Waals surface area contributed by atoms with Gasteiger partial charge in [0.05, 0.1) is 11.6 Å². The molecule has 0 radical (unpaired) electrons. The minimum atomic E-state index is 0.146. The minimum Gasteiger partial charge on any atom is -0.351 e. The van der Waals surface area contributed by atoms with E-state index in [1.807, 2.05) is 18.0 Å². The van der Waals surface area contributed by atoms with Gasteiger partial charge < -0.3 is 15.1 Å². The first-order chi connectivity index (χ1) is 9.60. The quantitative estimate of drug-likeness (QED) is 0.644. The van der Waals surface area contributed by atoms with Crippen molar-refractivity contribution in [1.29, 1.82) is 0 Å². The van der Waals surface area contributed by atoms with E-state index in [9.17, 15) is 4.79 Å². The second-order valence-corrected chi connectivity index (χ2v) is 6.06. The van der Waals surface area contributed by atoms with Gasteiger partial charge in [-0.25, -0.2) is 4.98 Å². The Hall–Kier alpha value is -1.63. The molecule has 0 saturated carbocycles. The molecule has 1 fully saturated rings. The van der Waals surface area contributed by atoms with Crippen LogP contribution in [0.3, 0.4) is 0 Å². The Morgan fingerprint density at radius 3 is 2.55 bits per heavy atom. The normalized spacial score (nSPS) is 16.4. The number of aliphatic imine (C=N–C) groups is 1. The lowest BCUT2D eigenvalue weighted by Gasteiger charge is -2.36. The number of rotatable bonds is 2. The molecule has 0 atom stereocenters. The number of carbonyl (C=O) groups is 1. The topological polar surface area (TPSA) is 60.8 Å². The number of nitrogens with one attached hydrogen (secondary N) is 1. The number of guanidine groups is 1. The smallest absolute Gasteiger partial charge is 0.219 e. The molecule has 1 aromatic rings. The van der Waals surface area contributed by atoms with Gasteiger partial charge in [0.1, 0.15) is 0 Å². The van der Waals surface area contributed by atoms with E-state index in [0.717, 1.165) is 43.7 Å². The third-order valence-electron chi connectivity index (χ3n) is 3.33. The van der Waals surface area contributed by atoms with Gasteiger partial charge in [-0.05, 0) is 6.92 Å². The zero-order chi connectivity index (χ0) is 14.5. The number of aromatic nitrogens is 1. The Morgan fingerprint density at radius 2 is 2.05 bits per heavy atom. The molecule has 1 aliphatic rings. The average Bonchev–Trinajstić information content (AvgIpc) is 2.86. The number of nitrogens with zero attached hydrogens (tertiary/aromatic N) is 4. The number of amides is 1. The van der Waals surface area contributed by atoms with Crippen molar-refractivity contribution in [2.75, 3.05) is 33.2 Å². The summed E-state index contributed by atoms with van der Waals surface area (Å²) in [7, 11) is 1.79. The average molecular weight is 295 g/mol. The van der Waals surface area contributed by atoms with Crippen LogP contribution in [0.4, 0.5) is 0 Å². The van der Waals surface area contributed by atoms with Crippen LogP contribution < -0.4 is 5.32 Å². The summed E-state index contributed by atoms with van der Waals surface area (Å²) in [6.45, 7) is 7.53. The molecule has 0 aliphatic carbocycles. The molecule has 1 amide bonds. The van der Waals surface area contributed by atoms with Crippen molar-refractivity contribution < 1.29 is 4.79 Å². The van der Waals surface area contributed by atoms with Crippen molar-refractivity contribution in [2.24, 2.45) is 4.99 Å². The first kappa shape index (κ1) is 14.8. The Kier molecular flexibility index (Phi) is 4.94. The van der Waals surface area contributed by atoms with Gasteiger partial charge in [-0.3, -0.25) is 9.79 Å². The van der Waals surface area contributed by atoms with E-state index >= 15 is 0 Å². The maximum absolute atomic E-state index is 11.3. The molecule has 7 heteroatoms. The standard InChI is InChI=1S/C13H21N5OS/c1-10-15-8-12(20-10)9-16-13(14-3)18-6-4-17(5-7-18)11(2)19/h8H,4-7,9H2,1-3H3,(H,14,16). The van der Waals surface area contributed by atoms with Crippen LogP contribution in [-0.4, -0.2) is 59.9 Å². The van der Waals surface area contributed by atoms with E-state index in [-0.39, 0.29) is 5.91 Å². The molecule has 1 N–H and O–H groups in total. The summed E-state index contributed by atoms with van der Waals surface area (Å²) in [5.41, 5.74) is 0. The lowest BCUT2D eigenvalue weighted by molar-refractivity contribution is -0.130. The monoisotopic (exact) mass is 295 g/mol. The molecule has 110 valence electrons. The number of hydrogen-bond donors (Lipinski definition) is 1. The van der Waals surface area contributed by atoms with Crippen LogP contribution in [0.1, 0.15) is 16.8 Å². The van der Waals surface area contributed by atoms with Gasteiger partial charge in [0, 0.05) is 51.2 Å². The minimum absolute atomic E-state index is 0.146. The Bertz CT molecular complexity index is 491. The molecule has 0 unspecified atom stereocenters. The predicted octanol–water partition coefficient (Wildman–Crippen LogP) is 0.691. The molecule has 1 aromatic heterocycles. The Labute approximate surface area is 123 Å². The third kappa shape index (κ3) is 3.69. The summed E-state index contributed by atoms with van der Waals surface area (Å²) >= 11 is 1.69. The zero-order valence-corrected chi connectivity index (χ0v) is 13.0. The van der Waals surface area contributed by atoms with Crippen molar-refractivity contribution >= 4 is 23.2 Å². The van der Waals surface area contributed by atoms with Gasteiger partial charge in [-0.2, -0.15) is 0 Å². The van der Waals surface area contributed by atoms with Gasteiger partial charge in [0.2, 0.25) is 5.91 Å². The SMILES string of the molecule is CN=C(NCc1cnc(C)s1)N1CCN(C(C)=O)CC1. The highest BCUT2D eigenvalue weighted by molar-refractivity contribution is 7.11. The van der Waals surface area contributed by atoms with Crippen LogP contribution in [0.2, 0.25) is 0 Å². The number of thiazole rings is 1. The lowest BCUT2D eigenvalue weighted by atomic mass is 10.3. The van der Waals surface area contributed by atoms with Crippen LogP contribution in [-0.2, 0) is 11.3 Å². The molecule has 1 saturated heterocycles. The van der Waals surface area contributed by atoms with Crippen molar-refractivity contribution in [3.05, 3.63) is 16.1 Å². The van der Waals surface area contributed by atoms with Crippen molar-refractivity contribution in [2.45, 2.75) is 20.4 Å². The summed E-state index contributed by atoms with van der Waals surface area (Å²) in [4.78, 5) is 25.1. The third-order valence-corrected chi connectivity index (χ3v) is 4.24. The second-order valence-electron chi connectivity index (χ2n) is 4.74. The highest BCUT2D eigenvalue weighted by Gasteiger charge is 2.20. The molecular formula is C13H21N5OS. The maximum atomic E-state index is 11.3. The summed E-state index contributed by atoms with van der Waals surface area (Å²) in [6.07, 6.45) is 1.90. The van der Waals surface area contributed by atoms with Crippen LogP contribution in [0.15, 0.2) is 11.2 Å². The fourth-order valence-corrected chi connectivity index (χ4v) is 2.95. The van der Waals surface area contributed by atoms with Crippen LogP contribution in [0, 0.1) is 6.92 Å². The van der Waals surface area contributed by atoms with E-state index < -0.39 is 0 Å². The van der Waals surface area contributed by atoms with Gasteiger partial charge in [0.15, 0.2) is 5.96 Å². The van der Waals surface area contributed by atoms with Gasteiger partial charge >= 0.3 is 0 Å². The highest BCUT2D eigenvalue weighted by atomic mass is 32.1. The first-order valence-corrected chi connectivity index (χ1v) is 7.54. The molecule has 20 heavy (non-hydrogen) atoms. The zero-order valence-electron chi connectivity index (χ0n) is 12.2. The highest BCUT2D eigenvalue weighted by Crippen LogP contribution is 2.11. The molecule has 1 aliphatic heterocycles. The maximum Gasteiger partial charge on any atom is 0.219 e.